The molecule has 0 unspecified atom stereocenters. The molecule has 2 saturated heterocycles. The summed E-state index contributed by atoms with van der Waals surface area (Å²) in [6.07, 6.45) is 9.00. The molecule has 2 amide bonds. The van der Waals surface area contributed by atoms with Gasteiger partial charge in [0.15, 0.2) is 0 Å². The first kappa shape index (κ1) is 19.9. The predicted octanol–water partition coefficient (Wildman–Crippen LogP) is 4.01. The molecule has 0 N–H and O–H groups in total. The number of hydrogen-bond donors (Lipinski definition) is 0. The van der Waals surface area contributed by atoms with Crippen molar-refractivity contribution in [2.24, 2.45) is 5.41 Å². The fourth-order valence-corrected chi connectivity index (χ4v) is 6.66. The summed E-state index contributed by atoms with van der Waals surface area (Å²) in [5.41, 5.74) is 1.25. The van der Waals surface area contributed by atoms with E-state index in [9.17, 15) is 9.59 Å². The second-order valence-electron chi connectivity index (χ2n) is 9.06. The SMILES string of the molecule is CC(=O)N1CCO[C@@H](c2c(C(=O)N3CCC4(CCCCC4)C3)sc3ncccc23)C1. The molecule has 3 aliphatic rings. The first-order valence-corrected chi connectivity index (χ1v) is 11.9. The highest BCUT2D eigenvalue weighted by molar-refractivity contribution is 7.20. The van der Waals surface area contributed by atoms with Gasteiger partial charge < -0.3 is 14.5 Å². The molecule has 0 aromatic carbocycles. The van der Waals surface area contributed by atoms with Crippen molar-refractivity contribution >= 4 is 33.4 Å². The summed E-state index contributed by atoms with van der Waals surface area (Å²) in [6.45, 7) is 4.88. The number of fused-ring (bicyclic) bond motifs is 1. The fourth-order valence-electron chi connectivity index (χ4n) is 5.50. The van der Waals surface area contributed by atoms with Crippen molar-refractivity contribution in [2.45, 2.75) is 51.6 Å². The number of carbonyl (C=O) groups excluding carboxylic acids is 2. The maximum absolute atomic E-state index is 13.7. The van der Waals surface area contributed by atoms with E-state index in [1.54, 1.807) is 13.1 Å². The minimum Gasteiger partial charge on any atom is -0.370 e. The van der Waals surface area contributed by atoms with Gasteiger partial charge in [0.25, 0.3) is 5.91 Å². The van der Waals surface area contributed by atoms with E-state index in [1.807, 2.05) is 17.0 Å². The van der Waals surface area contributed by atoms with E-state index in [2.05, 4.69) is 9.88 Å². The lowest BCUT2D eigenvalue weighted by molar-refractivity contribution is -0.136. The number of rotatable bonds is 2. The Labute approximate surface area is 181 Å². The Kier molecular flexibility index (Phi) is 5.27. The van der Waals surface area contributed by atoms with Crippen LogP contribution in [0.2, 0.25) is 0 Å². The highest BCUT2D eigenvalue weighted by atomic mass is 32.1. The van der Waals surface area contributed by atoms with Gasteiger partial charge in [0.2, 0.25) is 5.91 Å². The summed E-state index contributed by atoms with van der Waals surface area (Å²) in [7, 11) is 0. The molecule has 1 saturated carbocycles. The van der Waals surface area contributed by atoms with Crippen molar-refractivity contribution in [1.82, 2.24) is 14.8 Å². The van der Waals surface area contributed by atoms with Crippen LogP contribution in [0.3, 0.4) is 0 Å². The molecule has 7 heteroatoms. The number of nitrogens with zero attached hydrogens (tertiary/aromatic N) is 3. The van der Waals surface area contributed by atoms with Crippen LogP contribution < -0.4 is 0 Å². The van der Waals surface area contributed by atoms with Crippen LogP contribution in [0.4, 0.5) is 0 Å². The van der Waals surface area contributed by atoms with Gasteiger partial charge in [-0.1, -0.05) is 25.3 Å². The molecule has 2 aromatic heterocycles. The van der Waals surface area contributed by atoms with Gasteiger partial charge in [0.05, 0.1) is 13.2 Å². The van der Waals surface area contributed by atoms with Crippen molar-refractivity contribution in [3.63, 3.8) is 0 Å². The molecule has 2 aliphatic heterocycles. The van der Waals surface area contributed by atoms with Gasteiger partial charge in [0, 0.05) is 43.7 Å². The molecule has 3 fully saturated rings. The number of hydrogen-bond acceptors (Lipinski definition) is 5. The Morgan fingerprint density at radius 3 is 2.80 bits per heavy atom. The normalized spacial score (nSPS) is 24.0. The number of morpholine rings is 1. The quantitative estimate of drug-likeness (QED) is 0.726. The molecule has 30 heavy (non-hydrogen) atoms. The summed E-state index contributed by atoms with van der Waals surface area (Å²) in [5.74, 6) is 0.159. The third-order valence-electron chi connectivity index (χ3n) is 7.17. The zero-order chi connectivity index (χ0) is 20.7. The molecule has 1 atom stereocenters. The third kappa shape index (κ3) is 3.52. The van der Waals surface area contributed by atoms with E-state index in [-0.39, 0.29) is 17.9 Å². The van der Waals surface area contributed by atoms with Crippen LogP contribution in [0.1, 0.15) is 66.8 Å². The number of aromatic nitrogens is 1. The van der Waals surface area contributed by atoms with Gasteiger partial charge in [0.1, 0.15) is 15.8 Å². The van der Waals surface area contributed by atoms with Crippen molar-refractivity contribution < 1.29 is 14.3 Å². The molecule has 5 rings (SSSR count). The standard InChI is InChI=1S/C23H29N3O3S/c1-16(27)25-12-13-29-18(14-25)19-17-6-5-10-24-21(17)30-20(19)22(28)26-11-9-23(15-26)7-3-2-4-8-23/h5-6,10,18H,2-4,7-9,11-15H2,1H3/t18-/m1/s1. The van der Waals surface area contributed by atoms with Crippen LogP contribution in [0.5, 0.6) is 0 Å². The average Bonchev–Trinajstić information content (AvgIpc) is 3.36. The lowest BCUT2D eigenvalue weighted by Crippen LogP contribution is -2.41. The van der Waals surface area contributed by atoms with E-state index in [0.29, 0.717) is 25.1 Å². The minimum absolute atomic E-state index is 0.0487. The van der Waals surface area contributed by atoms with E-state index in [0.717, 1.165) is 40.2 Å². The summed E-state index contributed by atoms with van der Waals surface area (Å²) in [6, 6.07) is 3.93. The molecule has 1 spiro atoms. The topological polar surface area (TPSA) is 62.7 Å². The molecule has 2 aromatic rings. The molecular weight excluding hydrogens is 398 g/mol. The summed E-state index contributed by atoms with van der Waals surface area (Å²) in [5, 5.41) is 0.979. The smallest absolute Gasteiger partial charge is 0.264 e. The number of pyridine rings is 1. The second kappa shape index (κ2) is 7.93. The number of amides is 2. The van der Waals surface area contributed by atoms with Gasteiger partial charge in [-0.05, 0) is 30.7 Å². The molecule has 0 bridgehead atoms. The molecule has 160 valence electrons. The van der Waals surface area contributed by atoms with Crippen LogP contribution >= 0.6 is 11.3 Å². The number of ether oxygens (including phenoxy) is 1. The van der Waals surface area contributed by atoms with E-state index in [4.69, 9.17) is 4.74 Å². The van der Waals surface area contributed by atoms with Crippen molar-refractivity contribution in [1.29, 1.82) is 0 Å². The van der Waals surface area contributed by atoms with E-state index >= 15 is 0 Å². The van der Waals surface area contributed by atoms with Gasteiger partial charge in [-0.3, -0.25) is 9.59 Å². The number of carbonyl (C=O) groups is 2. The first-order valence-electron chi connectivity index (χ1n) is 11.1. The summed E-state index contributed by atoms with van der Waals surface area (Å²) in [4.78, 5) is 35.7. The minimum atomic E-state index is -0.286. The number of thiophene rings is 1. The van der Waals surface area contributed by atoms with Crippen molar-refractivity contribution in [2.75, 3.05) is 32.8 Å². The monoisotopic (exact) mass is 427 g/mol. The number of likely N-dealkylation sites (tertiary alicyclic amines) is 1. The highest BCUT2D eigenvalue weighted by Crippen LogP contribution is 2.45. The largest absolute Gasteiger partial charge is 0.370 e. The van der Waals surface area contributed by atoms with E-state index < -0.39 is 0 Å². The van der Waals surface area contributed by atoms with Crippen LogP contribution in [-0.2, 0) is 9.53 Å². The van der Waals surface area contributed by atoms with Gasteiger partial charge in [-0.15, -0.1) is 11.3 Å². The van der Waals surface area contributed by atoms with Crippen LogP contribution in [0, 0.1) is 5.41 Å². The lowest BCUT2D eigenvalue weighted by Gasteiger charge is -2.34. The van der Waals surface area contributed by atoms with Crippen LogP contribution in [-0.4, -0.2) is 59.4 Å². The zero-order valence-electron chi connectivity index (χ0n) is 17.6. The molecule has 6 nitrogen and oxygen atoms in total. The third-order valence-corrected chi connectivity index (χ3v) is 8.29. The summed E-state index contributed by atoms with van der Waals surface area (Å²) >= 11 is 1.47. The lowest BCUT2D eigenvalue weighted by atomic mass is 9.73. The average molecular weight is 428 g/mol. The summed E-state index contributed by atoms with van der Waals surface area (Å²) < 4.78 is 6.09. The Balaban J connectivity index is 1.48. The zero-order valence-corrected chi connectivity index (χ0v) is 18.4. The van der Waals surface area contributed by atoms with Crippen LogP contribution in [0.15, 0.2) is 18.3 Å². The predicted molar refractivity (Wildman–Crippen MR) is 117 cm³/mol. The van der Waals surface area contributed by atoms with Crippen molar-refractivity contribution in [3.8, 4) is 0 Å². The molecule has 4 heterocycles. The Morgan fingerprint density at radius 2 is 2.00 bits per heavy atom. The first-order chi connectivity index (χ1) is 14.6. The van der Waals surface area contributed by atoms with Crippen molar-refractivity contribution in [3.05, 3.63) is 28.8 Å². The van der Waals surface area contributed by atoms with Gasteiger partial charge in [-0.25, -0.2) is 4.98 Å². The van der Waals surface area contributed by atoms with Gasteiger partial charge in [-0.2, -0.15) is 0 Å². The molecule has 0 radical (unpaired) electrons. The van der Waals surface area contributed by atoms with Gasteiger partial charge >= 0.3 is 0 Å². The Hall–Kier alpha value is -1.99. The maximum Gasteiger partial charge on any atom is 0.264 e. The maximum atomic E-state index is 13.7. The molecule has 1 aliphatic carbocycles. The Morgan fingerprint density at radius 1 is 1.17 bits per heavy atom. The molecular formula is C23H29N3O3S. The second-order valence-corrected chi connectivity index (χ2v) is 10.1. The van der Waals surface area contributed by atoms with E-state index in [1.165, 1.54) is 43.4 Å². The van der Waals surface area contributed by atoms with Crippen LogP contribution in [0.25, 0.3) is 10.2 Å². The Bertz CT molecular complexity index is 966. The highest BCUT2D eigenvalue weighted by Gasteiger charge is 2.42. The fraction of sp³-hybridized carbons (Fsp3) is 0.609.